The molecule has 1 aromatic rings. The van der Waals surface area contributed by atoms with Crippen molar-refractivity contribution in [3.05, 3.63) is 36.4 Å². The van der Waals surface area contributed by atoms with Crippen LogP contribution in [0.5, 0.6) is 0 Å². The molecule has 4 heteroatoms. The van der Waals surface area contributed by atoms with E-state index in [4.69, 9.17) is 9.46 Å². The molecule has 0 bridgehead atoms. The van der Waals surface area contributed by atoms with Crippen molar-refractivity contribution in [3.63, 3.8) is 0 Å². The summed E-state index contributed by atoms with van der Waals surface area (Å²) in [6.07, 6.45) is 0. The molecular weight excluding hydrogens is 174 g/mol. The zero-order valence-electron chi connectivity index (χ0n) is 5.78. The molecule has 0 aliphatic heterocycles. The van der Waals surface area contributed by atoms with E-state index in [9.17, 15) is 0 Å². The van der Waals surface area contributed by atoms with Crippen molar-refractivity contribution in [1.82, 2.24) is 0 Å². The van der Waals surface area contributed by atoms with Gasteiger partial charge >= 0.3 is 51.4 Å². The molecule has 0 N–H and O–H groups in total. The Balaban J connectivity index is 0. The Labute approximate surface area is 104 Å². The van der Waals surface area contributed by atoms with E-state index < -0.39 is 8.69 Å². The second-order valence-electron chi connectivity index (χ2n) is 1.24. The van der Waals surface area contributed by atoms with Crippen LogP contribution in [0.4, 0.5) is 0 Å². The van der Waals surface area contributed by atoms with Crippen LogP contribution in [0.3, 0.4) is 0 Å². The SMILES string of the molecule is O=[PH+][O-].[K+].c1ccccc1. The minimum atomic E-state index is -1.42. The van der Waals surface area contributed by atoms with E-state index in [1.807, 2.05) is 36.4 Å². The topological polar surface area (TPSA) is 40.1 Å². The third-order valence-electron chi connectivity index (χ3n) is 0.667. The molecule has 0 aliphatic rings. The van der Waals surface area contributed by atoms with E-state index in [1.165, 1.54) is 0 Å². The molecule has 0 saturated heterocycles. The van der Waals surface area contributed by atoms with E-state index in [0.717, 1.165) is 0 Å². The first kappa shape index (κ1) is 13.5. The van der Waals surface area contributed by atoms with Crippen LogP contribution < -0.4 is 56.3 Å². The van der Waals surface area contributed by atoms with Crippen LogP contribution in [-0.2, 0) is 4.57 Å². The molecule has 0 aromatic heterocycles. The van der Waals surface area contributed by atoms with Gasteiger partial charge in [-0.2, -0.15) is 0 Å². The van der Waals surface area contributed by atoms with E-state index in [0.29, 0.717) is 0 Å². The van der Waals surface area contributed by atoms with Gasteiger partial charge in [0.15, 0.2) is 0 Å². The molecule has 1 unspecified atom stereocenters. The van der Waals surface area contributed by atoms with Gasteiger partial charge in [0.2, 0.25) is 0 Å². The van der Waals surface area contributed by atoms with Crippen LogP contribution in [0, 0.1) is 0 Å². The van der Waals surface area contributed by atoms with Crippen molar-refractivity contribution < 1.29 is 60.8 Å². The Kier molecular flexibility index (Phi) is 17.0. The molecule has 0 spiro atoms. The van der Waals surface area contributed by atoms with Crippen LogP contribution in [0.2, 0.25) is 0 Å². The van der Waals surface area contributed by atoms with Gasteiger partial charge in [0.25, 0.3) is 8.69 Å². The van der Waals surface area contributed by atoms with Crippen molar-refractivity contribution in [2.24, 2.45) is 0 Å². The van der Waals surface area contributed by atoms with E-state index in [2.05, 4.69) is 0 Å². The number of benzene rings is 1. The second-order valence-corrected chi connectivity index (χ2v) is 1.40. The first-order valence-corrected chi connectivity index (χ1v) is 3.22. The van der Waals surface area contributed by atoms with Gasteiger partial charge in [0.05, 0.1) is 0 Å². The Hall–Kier alpha value is 0.916. The summed E-state index contributed by atoms with van der Waals surface area (Å²) in [5.41, 5.74) is 0. The molecule has 48 valence electrons. The van der Waals surface area contributed by atoms with Gasteiger partial charge in [-0.1, -0.05) is 41.0 Å². The molecule has 10 heavy (non-hydrogen) atoms. The number of rotatable bonds is 0. The molecule has 1 rings (SSSR count). The fourth-order valence-electron chi connectivity index (χ4n) is 0.385. The summed E-state index contributed by atoms with van der Waals surface area (Å²) in [7, 11) is -1.42. The molecule has 0 radical (unpaired) electrons. The molecule has 1 aromatic carbocycles. The average molecular weight is 181 g/mol. The quantitative estimate of drug-likeness (QED) is 0.342. The molecular formula is C6H7KO2P+. The van der Waals surface area contributed by atoms with Crippen LogP contribution in [0.25, 0.3) is 0 Å². The normalized spacial score (nSPS) is 6.90. The third kappa shape index (κ3) is 11.7. The van der Waals surface area contributed by atoms with Crippen molar-refractivity contribution >= 4 is 8.69 Å². The maximum absolute atomic E-state index is 8.40. The Morgan fingerprint density at radius 1 is 0.900 bits per heavy atom. The van der Waals surface area contributed by atoms with Gasteiger partial charge in [-0.25, -0.2) is 0 Å². The fourth-order valence-corrected chi connectivity index (χ4v) is 0.385. The fraction of sp³-hybridized carbons (Fsp3) is 0. The molecule has 0 fully saturated rings. The predicted molar refractivity (Wildman–Crippen MR) is 35.4 cm³/mol. The second kappa shape index (κ2) is 12.6. The molecule has 2 nitrogen and oxygen atoms in total. The number of hydrogen-bond donors (Lipinski definition) is 0. The first-order valence-electron chi connectivity index (χ1n) is 2.41. The van der Waals surface area contributed by atoms with Crippen LogP contribution in [-0.4, -0.2) is 0 Å². The van der Waals surface area contributed by atoms with Gasteiger partial charge in [-0.15, -0.1) is 0 Å². The standard InChI is InChI=1S/C6H6.K.HO2P/c1-2-4-6-5-3-1;;1-3-2/h1-6H;;3H/q;+1;. The third-order valence-corrected chi connectivity index (χ3v) is 0.667. The van der Waals surface area contributed by atoms with Crippen molar-refractivity contribution in [1.29, 1.82) is 0 Å². The number of hydrogen-bond acceptors (Lipinski definition) is 2. The van der Waals surface area contributed by atoms with Gasteiger partial charge in [0, 0.05) is 0 Å². The maximum atomic E-state index is 8.40. The van der Waals surface area contributed by atoms with Crippen LogP contribution in [0.15, 0.2) is 36.4 Å². The molecule has 0 heterocycles. The predicted octanol–water partition coefficient (Wildman–Crippen LogP) is -2.02. The van der Waals surface area contributed by atoms with Crippen LogP contribution in [0.1, 0.15) is 0 Å². The van der Waals surface area contributed by atoms with Crippen LogP contribution >= 0.6 is 8.69 Å². The van der Waals surface area contributed by atoms with E-state index in [-0.39, 0.29) is 51.4 Å². The summed E-state index contributed by atoms with van der Waals surface area (Å²) in [6.45, 7) is 0. The minimum Gasteiger partial charge on any atom is -0.597 e. The van der Waals surface area contributed by atoms with Crippen molar-refractivity contribution in [2.45, 2.75) is 0 Å². The van der Waals surface area contributed by atoms with E-state index in [1.54, 1.807) is 0 Å². The molecule has 0 saturated carbocycles. The first-order chi connectivity index (χ1) is 4.41. The van der Waals surface area contributed by atoms with Gasteiger partial charge in [-0.3, -0.25) is 0 Å². The largest absolute Gasteiger partial charge is 1.00 e. The molecule has 0 aliphatic carbocycles. The molecule has 1 atom stereocenters. The summed E-state index contributed by atoms with van der Waals surface area (Å²) >= 11 is 0. The average Bonchev–Trinajstić information content (AvgIpc) is 1.93. The Morgan fingerprint density at radius 3 is 1.10 bits per heavy atom. The Morgan fingerprint density at radius 2 is 1.00 bits per heavy atom. The van der Waals surface area contributed by atoms with Crippen molar-refractivity contribution in [2.75, 3.05) is 0 Å². The summed E-state index contributed by atoms with van der Waals surface area (Å²) in [6, 6.07) is 12.0. The van der Waals surface area contributed by atoms with Gasteiger partial charge in [-0.05, 0) is 0 Å². The monoisotopic (exact) mass is 181 g/mol. The summed E-state index contributed by atoms with van der Waals surface area (Å²) < 4.78 is 8.40. The zero-order valence-corrected chi connectivity index (χ0v) is 9.90. The van der Waals surface area contributed by atoms with Gasteiger partial charge < -0.3 is 4.89 Å². The smallest absolute Gasteiger partial charge is 0.597 e. The minimum absolute atomic E-state index is 0. The Bertz CT molecular complexity index is 119. The van der Waals surface area contributed by atoms with E-state index >= 15 is 0 Å². The summed E-state index contributed by atoms with van der Waals surface area (Å²) in [5, 5.41) is 0. The summed E-state index contributed by atoms with van der Waals surface area (Å²) in [5.74, 6) is 0. The maximum Gasteiger partial charge on any atom is 1.00 e. The molecule has 0 amide bonds. The zero-order chi connectivity index (χ0) is 6.95. The van der Waals surface area contributed by atoms with Crippen molar-refractivity contribution in [3.8, 4) is 0 Å². The summed E-state index contributed by atoms with van der Waals surface area (Å²) in [4.78, 5) is 8.40. The van der Waals surface area contributed by atoms with Gasteiger partial charge in [0.1, 0.15) is 0 Å².